The van der Waals surface area contributed by atoms with E-state index in [4.69, 9.17) is 6.42 Å². The average Bonchev–Trinajstić information content (AvgIpc) is 3.10. The fourth-order valence-electron chi connectivity index (χ4n) is 3.10. The molecule has 2 amide bonds. The molecule has 0 aliphatic carbocycles. The van der Waals surface area contributed by atoms with Crippen molar-refractivity contribution in [3.05, 3.63) is 71.8 Å². The van der Waals surface area contributed by atoms with Crippen molar-refractivity contribution in [2.45, 2.75) is 0 Å². The Labute approximate surface area is 175 Å². The molecule has 2 aromatic carbocycles. The van der Waals surface area contributed by atoms with Gasteiger partial charge in [-0.2, -0.15) is 5.26 Å². The predicted molar refractivity (Wildman–Crippen MR) is 116 cm³/mol. The van der Waals surface area contributed by atoms with Gasteiger partial charge in [-0.05, 0) is 41.5 Å². The number of rotatable bonds is 7. The molecule has 148 valence electrons. The molecule has 0 radical (unpaired) electrons. The van der Waals surface area contributed by atoms with E-state index in [9.17, 15) is 20.0 Å². The molecule has 6 heteroatoms. The number of allylic oxidation sites excluding steroid dienone is 1. The molecule has 0 saturated carbocycles. The van der Waals surface area contributed by atoms with Crippen LogP contribution in [-0.4, -0.2) is 36.6 Å². The molecule has 6 nitrogen and oxygen atoms in total. The Hall–Kier alpha value is -4.13. The summed E-state index contributed by atoms with van der Waals surface area (Å²) in [7, 11) is 0. The highest BCUT2D eigenvalue weighted by atomic mass is 16.3. The summed E-state index contributed by atoms with van der Waals surface area (Å²) in [5.41, 5.74) is 3.29. The maximum atomic E-state index is 11.8. The van der Waals surface area contributed by atoms with Gasteiger partial charge in [0.15, 0.2) is 0 Å². The number of carbonyl (C=O) groups excluding carboxylic acids is 2. The van der Waals surface area contributed by atoms with Gasteiger partial charge >= 0.3 is 0 Å². The Morgan fingerprint density at radius 1 is 1.07 bits per heavy atom. The van der Waals surface area contributed by atoms with Crippen LogP contribution >= 0.6 is 0 Å². The molecule has 0 bridgehead atoms. The second-order valence-corrected chi connectivity index (χ2v) is 6.50. The fraction of sp³-hybridized carbons (Fsp3) is 0.125. The van der Waals surface area contributed by atoms with Gasteiger partial charge in [0.1, 0.15) is 0 Å². The third-order valence-electron chi connectivity index (χ3n) is 4.59. The van der Waals surface area contributed by atoms with Crippen LogP contribution in [0.3, 0.4) is 0 Å². The summed E-state index contributed by atoms with van der Waals surface area (Å²) in [5, 5.41) is 18.8. The number of terminal acetylenes is 1. The molecule has 1 aliphatic heterocycles. The van der Waals surface area contributed by atoms with E-state index in [0.717, 1.165) is 16.2 Å². The molecule has 1 heterocycles. The van der Waals surface area contributed by atoms with Crippen molar-refractivity contribution in [3.8, 4) is 18.4 Å². The van der Waals surface area contributed by atoms with Crippen LogP contribution in [0.25, 0.3) is 11.6 Å². The minimum absolute atomic E-state index is 0.00257. The van der Waals surface area contributed by atoms with Gasteiger partial charge in [0.05, 0.1) is 30.5 Å². The number of hydrogen-bond acceptors (Lipinski definition) is 5. The van der Waals surface area contributed by atoms with Gasteiger partial charge in [-0.1, -0.05) is 30.2 Å². The zero-order valence-corrected chi connectivity index (χ0v) is 16.2. The van der Waals surface area contributed by atoms with Gasteiger partial charge < -0.3 is 10.0 Å². The standard InChI is InChI=1S/C24H19N3O3/c1-2-13-26(14-15-28)21-7-3-18(4-8-21)16-20(17-25)19-5-9-22(10-6-19)27-23(29)11-12-24(27)30/h1,3-12,16,28H,13-15H2/b20-16+. The smallest absolute Gasteiger partial charge is 0.258 e. The summed E-state index contributed by atoms with van der Waals surface area (Å²) in [6, 6.07) is 16.4. The first kappa shape index (κ1) is 20.6. The van der Waals surface area contributed by atoms with Crippen LogP contribution < -0.4 is 9.80 Å². The van der Waals surface area contributed by atoms with Gasteiger partial charge in [-0.15, -0.1) is 6.42 Å². The van der Waals surface area contributed by atoms with E-state index in [1.165, 1.54) is 12.2 Å². The first-order valence-electron chi connectivity index (χ1n) is 9.25. The van der Waals surface area contributed by atoms with Crippen LogP contribution in [0.4, 0.5) is 11.4 Å². The number of imide groups is 1. The monoisotopic (exact) mass is 397 g/mol. The first-order valence-corrected chi connectivity index (χ1v) is 9.25. The highest BCUT2D eigenvalue weighted by molar-refractivity contribution is 6.28. The van der Waals surface area contributed by atoms with Gasteiger partial charge in [-0.3, -0.25) is 9.59 Å². The molecule has 0 saturated heterocycles. The second-order valence-electron chi connectivity index (χ2n) is 6.50. The number of nitrogens with zero attached hydrogens (tertiary/aromatic N) is 3. The van der Waals surface area contributed by atoms with E-state index in [2.05, 4.69) is 12.0 Å². The SMILES string of the molecule is C#CCN(CCO)c1ccc(/C=C(\C#N)c2ccc(N3C(=O)C=CC3=O)cc2)cc1. The molecule has 3 rings (SSSR count). The lowest BCUT2D eigenvalue weighted by molar-refractivity contribution is -0.119. The Morgan fingerprint density at radius 3 is 2.23 bits per heavy atom. The van der Waals surface area contributed by atoms with E-state index < -0.39 is 0 Å². The minimum Gasteiger partial charge on any atom is -0.395 e. The number of aliphatic hydroxyl groups is 1. The summed E-state index contributed by atoms with van der Waals surface area (Å²) in [6.45, 7) is 0.832. The normalized spacial score (nSPS) is 13.3. The van der Waals surface area contributed by atoms with Crippen LogP contribution in [0.2, 0.25) is 0 Å². The molecule has 0 aromatic heterocycles. The molecule has 30 heavy (non-hydrogen) atoms. The van der Waals surface area contributed by atoms with Crippen molar-refractivity contribution in [3.63, 3.8) is 0 Å². The molecule has 1 N–H and O–H groups in total. The van der Waals surface area contributed by atoms with E-state index >= 15 is 0 Å². The highest BCUT2D eigenvalue weighted by Gasteiger charge is 2.24. The van der Waals surface area contributed by atoms with E-state index in [-0.39, 0.29) is 18.4 Å². The number of nitriles is 1. The maximum absolute atomic E-state index is 11.8. The zero-order valence-electron chi connectivity index (χ0n) is 16.2. The maximum Gasteiger partial charge on any atom is 0.258 e. The molecule has 0 fully saturated rings. The third kappa shape index (κ3) is 4.47. The van der Waals surface area contributed by atoms with Crippen LogP contribution in [0.1, 0.15) is 11.1 Å². The lowest BCUT2D eigenvalue weighted by atomic mass is 10.0. The number of hydrogen-bond donors (Lipinski definition) is 1. The van der Waals surface area contributed by atoms with E-state index in [0.29, 0.717) is 29.9 Å². The van der Waals surface area contributed by atoms with Crippen molar-refractivity contribution in [1.29, 1.82) is 5.26 Å². The zero-order chi connectivity index (χ0) is 21.5. The summed E-state index contributed by atoms with van der Waals surface area (Å²) < 4.78 is 0. The number of carbonyl (C=O) groups is 2. The molecule has 0 unspecified atom stereocenters. The summed E-state index contributed by atoms with van der Waals surface area (Å²) in [4.78, 5) is 26.5. The van der Waals surface area contributed by atoms with Gasteiger partial charge in [0.25, 0.3) is 11.8 Å². The summed E-state index contributed by atoms with van der Waals surface area (Å²) >= 11 is 0. The first-order chi connectivity index (χ1) is 14.6. The summed E-state index contributed by atoms with van der Waals surface area (Å²) in [5.74, 6) is 1.80. The fourth-order valence-corrected chi connectivity index (χ4v) is 3.10. The molecule has 1 aliphatic rings. The number of amides is 2. The average molecular weight is 397 g/mol. The lowest BCUT2D eigenvalue weighted by Crippen LogP contribution is -2.29. The predicted octanol–water partition coefficient (Wildman–Crippen LogP) is 2.61. The number of benzene rings is 2. The van der Waals surface area contributed by atoms with Crippen molar-refractivity contribution < 1.29 is 14.7 Å². The van der Waals surface area contributed by atoms with E-state index in [1.54, 1.807) is 30.3 Å². The van der Waals surface area contributed by atoms with Crippen LogP contribution in [0.15, 0.2) is 60.7 Å². The molecule has 2 aromatic rings. The molecule has 0 atom stereocenters. The Morgan fingerprint density at radius 2 is 1.70 bits per heavy atom. The van der Waals surface area contributed by atoms with Crippen molar-refractivity contribution in [1.82, 2.24) is 0 Å². The Bertz CT molecular complexity index is 1070. The lowest BCUT2D eigenvalue weighted by Gasteiger charge is -2.21. The van der Waals surface area contributed by atoms with Crippen molar-refractivity contribution in [2.24, 2.45) is 0 Å². The molecular formula is C24H19N3O3. The van der Waals surface area contributed by atoms with Crippen LogP contribution in [0.5, 0.6) is 0 Å². The van der Waals surface area contributed by atoms with Crippen molar-refractivity contribution in [2.75, 3.05) is 29.5 Å². The Kier molecular flexibility index (Phi) is 6.44. The van der Waals surface area contributed by atoms with Gasteiger partial charge in [0, 0.05) is 24.4 Å². The quantitative estimate of drug-likeness (QED) is 0.336. The molecule has 0 spiro atoms. The van der Waals surface area contributed by atoms with Crippen LogP contribution in [-0.2, 0) is 9.59 Å². The Balaban J connectivity index is 1.80. The third-order valence-corrected chi connectivity index (χ3v) is 4.59. The minimum atomic E-state index is -0.385. The second kappa shape index (κ2) is 9.38. The molecular weight excluding hydrogens is 378 g/mol. The topological polar surface area (TPSA) is 84.6 Å². The van der Waals surface area contributed by atoms with Gasteiger partial charge in [0.2, 0.25) is 0 Å². The van der Waals surface area contributed by atoms with Crippen LogP contribution in [0, 0.1) is 23.7 Å². The van der Waals surface area contributed by atoms with Crippen molar-refractivity contribution >= 4 is 34.8 Å². The number of aliphatic hydroxyl groups excluding tert-OH is 1. The van der Waals surface area contributed by atoms with E-state index in [1.807, 2.05) is 29.2 Å². The summed E-state index contributed by atoms with van der Waals surface area (Å²) in [6.07, 6.45) is 9.59. The largest absolute Gasteiger partial charge is 0.395 e. The number of anilines is 2. The highest BCUT2D eigenvalue weighted by Crippen LogP contribution is 2.24. The van der Waals surface area contributed by atoms with Gasteiger partial charge in [-0.25, -0.2) is 4.90 Å².